The summed E-state index contributed by atoms with van der Waals surface area (Å²) in [5, 5.41) is 11.2. The van der Waals surface area contributed by atoms with Crippen LogP contribution in [0.3, 0.4) is 0 Å². The van der Waals surface area contributed by atoms with Crippen LogP contribution in [0.2, 0.25) is 0 Å². The minimum atomic E-state index is -0.696. The third kappa shape index (κ3) is 6.58. The number of hydrogen-bond acceptors (Lipinski definition) is 4. The minimum absolute atomic E-state index is 0.107. The highest BCUT2D eigenvalue weighted by Crippen LogP contribution is 2.38. The predicted octanol–water partition coefficient (Wildman–Crippen LogP) is 5.22. The molecule has 166 valence electrons. The Morgan fingerprint density at radius 2 is 1.73 bits per heavy atom. The summed E-state index contributed by atoms with van der Waals surface area (Å²) in [7, 11) is 0. The van der Waals surface area contributed by atoms with Crippen LogP contribution in [-0.2, 0) is 16.1 Å². The van der Waals surface area contributed by atoms with E-state index < -0.39 is 5.60 Å². The first-order valence-corrected chi connectivity index (χ1v) is 11.5. The van der Waals surface area contributed by atoms with E-state index >= 15 is 0 Å². The molecule has 0 aromatic heterocycles. The largest absolute Gasteiger partial charge is 0.445 e. The number of carbonyl (C=O) groups is 1. The Kier molecular flexibility index (Phi) is 8.76. The maximum absolute atomic E-state index is 12.8. The molecule has 3 rings (SSSR count). The number of piperidine rings is 1. The molecule has 1 aromatic rings. The monoisotopic (exact) mass is 415 g/mol. The zero-order valence-electron chi connectivity index (χ0n) is 18.1. The first-order chi connectivity index (χ1) is 14.6. The van der Waals surface area contributed by atoms with Crippen molar-refractivity contribution < 1.29 is 19.4 Å². The van der Waals surface area contributed by atoms with Gasteiger partial charge in [-0.1, -0.05) is 68.5 Å². The van der Waals surface area contributed by atoms with Crippen molar-refractivity contribution in [2.75, 3.05) is 13.2 Å². The number of benzene rings is 1. The Balaban J connectivity index is 1.43. The second-order valence-corrected chi connectivity index (χ2v) is 8.87. The molecule has 0 radical (unpaired) electrons. The maximum atomic E-state index is 12.8. The Morgan fingerprint density at radius 1 is 1.10 bits per heavy atom. The first kappa shape index (κ1) is 22.8. The molecule has 30 heavy (non-hydrogen) atoms. The summed E-state index contributed by atoms with van der Waals surface area (Å²) >= 11 is 0. The van der Waals surface area contributed by atoms with E-state index in [2.05, 4.69) is 6.58 Å². The average Bonchev–Trinajstić information content (AvgIpc) is 2.74. The third-order valence-corrected chi connectivity index (χ3v) is 6.35. The smallest absolute Gasteiger partial charge is 0.410 e. The molecule has 5 heteroatoms. The summed E-state index contributed by atoms with van der Waals surface area (Å²) in [5.41, 5.74) is 0.281. The molecule has 2 saturated heterocycles. The van der Waals surface area contributed by atoms with Crippen molar-refractivity contribution in [3.8, 4) is 0 Å². The van der Waals surface area contributed by atoms with E-state index in [1.165, 1.54) is 25.7 Å². The van der Waals surface area contributed by atoms with E-state index in [-0.39, 0.29) is 24.8 Å². The average molecular weight is 416 g/mol. The van der Waals surface area contributed by atoms with Gasteiger partial charge in [0.25, 0.3) is 0 Å². The van der Waals surface area contributed by atoms with E-state index in [0.29, 0.717) is 26.1 Å². The molecule has 2 heterocycles. The highest BCUT2D eigenvalue weighted by molar-refractivity contribution is 5.69. The molecule has 2 bridgehead atoms. The number of nitrogens with zero attached hydrogens (tertiary/aromatic N) is 1. The van der Waals surface area contributed by atoms with Crippen LogP contribution in [-0.4, -0.2) is 47.0 Å². The number of morpholine rings is 1. The molecule has 0 spiro atoms. The van der Waals surface area contributed by atoms with Gasteiger partial charge in [0, 0.05) is 0 Å². The number of ether oxygens (including phenoxy) is 2. The molecule has 1 N–H and O–H groups in total. The lowest BCUT2D eigenvalue weighted by molar-refractivity contribution is -0.136. The summed E-state index contributed by atoms with van der Waals surface area (Å²) in [5.74, 6) is 0. The van der Waals surface area contributed by atoms with Crippen molar-refractivity contribution in [1.29, 1.82) is 0 Å². The van der Waals surface area contributed by atoms with Crippen LogP contribution in [0.1, 0.15) is 69.8 Å². The normalized spacial score (nSPS) is 25.7. The first-order valence-electron chi connectivity index (χ1n) is 11.5. The van der Waals surface area contributed by atoms with Gasteiger partial charge in [-0.3, -0.25) is 4.90 Å². The Labute approximate surface area is 181 Å². The highest BCUT2D eigenvalue weighted by atomic mass is 16.6. The van der Waals surface area contributed by atoms with Gasteiger partial charge in [-0.2, -0.15) is 0 Å². The van der Waals surface area contributed by atoms with E-state index in [1.54, 1.807) is 0 Å². The topological polar surface area (TPSA) is 59.0 Å². The van der Waals surface area contributed by atoms with Gasteiger partial charge in [0.1, 0.15) is 6.61 Å². The van der Waals surface area contributed by atoms with Crippen molar-refractivity contribution in [2.45, 2.75) is 88.5 Å². The zero-order chi connectivity index (χ0) is 21.2. The molecule has 1 amide bonds. The van der Waals surface area contributed by atoms with Crippen LogP contribution < -0.4 is 0 Å². The number of fused-ring (bicyclic) bond motifs is 2. The number of rotatable bonds is 11. The van der Waals surface area contributed by atoms with Crippen molar-refractivity contribution in [3.05, 3.63) is 48.6 Å². The van der Waals surface area contributed by atoms with Crippen LogP contribution in [0.5, 0.6) is 0 Å². The van der Waals surface area contributed by atoms with Crippen molar-refractivity contribution >= 4 is 6.09 Å². The second kappa shape index (κ2) is 11.5. The lowest BCUT2D eigenvalue weighted by atomic mass is 9.78. The summed E-state index contributed by atoms with van der Waals surface area (Å²) in [4.78, 5) is 14.6. The number of amides is 1. The standard InChI is InChI=1S/C25H37NO4/c1-2-3-4-5-6-7-8-12-15-25(28)16-22-19-29-20-23(17-25)26(22)24(27)30-18-21-13-10-9-11-14-21/h2,9-11,13-14,22-23,28H,1,3-8,12,15-20H2. The number of unbranched alkanes of at least 4 members (excludes halogenated alkanes) is 6. The molecular formula is C25H37NO4. The quantitative estimate of drug-likeness (QED) is 0.397. The van der Waals surface area contributed by atoms with Crippen LogP contribution in [0.4, 0.5) is 4.79 Å². The fraction of sp³-hybridized carbons (Fsp3) is 0.640. The summed E-state index contributed by atoms with van der Waals surface area (Å²) < 4.78 is 11.3. The molecule has 1 aromatic carbocycles. The molecule has 2 atom stereocenters. The maximum Gasteiger partial charge on any atom is 0.410 e. The number of aliphatic hydroxyl groups is 1. The molecule has 2 aliphatic rings. The van der Waals surface area contributed by atoms with E-state index in [9.17, 15) is 9.90 Å². The van der Waals surface area contributed by atoms with Crippen LogP contribution in [0.25, 0.3) is 0 Å². The molecule has 5 nitrogen and oxygen atoms in total. The van der Waals surface area contributed by atoms with E-state index in [0.717, 1.165) is 31.2 Å². The van der Waals surface area contributed by atoms with Gasteiger partial charge in [0.2, 0.25) is 0 Å². The zero-order valence-corrected chi connectivity index (χ0v) is 18.1. The summed E-state index contributed by atoms with van der Waals surface area (Å²) in [6.45, 7) is 4.98. The van der Waals surface area contributed by atoms with Gasteiger partial charge in [0.05, 0.1) is 30.9 Å². The second-order valence-electron chi connectivity index (χ2n) is 8.87. The van der Waals surface area contributed by atoms with Crippen LogP contribution in [0.15, 0.2) is 43.0 Å². The number of hydrogen-bond donors (Lipinski definition) is 1. The molecule has 0 saturated carbocycles. The van der Waals surface area contributed by atoms with Crippen molar-refractivity contribution in [1.82, 2.24) is 4.90 Å². The SMILES string of the molecule is C=CCCCCCCCCC1(O)CC2COCC(C1)N2C(=O)OCc1ccccc1. The molecule has 0 aliphatic carbocycles. The minimum Gasteiger partial charge on any atom is -0.445 e. The number of allylic oxidation sites excluding steroid dienone is 1. The van der Waals surface area contributed by atoms with Crippen molar-refractivity contribution in [3.63, 3.8) is 0 Å². The van der Waals surface area contributed by atoms with Gasteiger partial charge >= 0.3 is 6.09 Å². The van der Waals surface area contributed by atoms with Gasteiger partial charge < -0.3 is 14.6 Å². The molecule has 2 aliphatic heterocycles. The Bertz CT molecular complexity index is 648. The Morgan fingerprint density at radius 3 is 2.40 bits per heavy atom. The van der Waals surface area contributed by atoms with Gasteiger partial charge in [0.15, 0.2) is 0 Å². The third-order valence-electron chi connectivity index (χ3n) is 6.35. The predicted molar refractivity (Wildman–Crippen MR) is 118 cm³/mol. The lowest BCUT2D eigenvalue weighted by Gasteiger charge is -2.51. The van der Waals surface area contributed by atoms with E-state index in [4.69, 9.17) is 9.47 Å². The Hall–Kier alpha value is -1.85. The fourth-order valence-corrected chi connectivity index (χ4v) is 4.82. The molecular weight excluding hydrogens is 378 g/mol. The lowest BCUT2D eigenvalue weighted by Crippen LogP contribution is -2.63. The number of carbonyl (C=O) groups excluding carboxylic acids is 1. The van der Waals surface area contributed by atoms with Gasteiger partial charge in [-0.05, 0) is 37.7 Å². The van der Waals surface area contributed by atoms with Gasteiger partial charge in [-0.15, -0.1) is 6.58 Å². The fourth-order valence-electron chi connectivity index (χ4n) is 4.82. The summed E-state index contributed by atoms with van der Waals surface area (Å²) in [6, 6.07) is 9.51. The van der Waals surface area contributed by atoms with Crippen LogP contribution >= 0.6 is 0 Å². The van der Waals surface area contributed by atoms with Crippen molar-refractivity contribution in [2.24, 2.45) is 0 Å². The summed E-state index contributed by atoms with van der Waals surface area (Å²) in [6.07, 6.45) is 11.9. The van der Waals surface area contributed by atoms with Crippen LogP contribution in [0, 0.1) is 0 Å². The van der Waals surface area contributed by atoms with Gasteiger partial charge in [-0.25, -0.2) is 4.79 Å². The molecule has 2 unspecified atom stereocenters. The van der Waals surface area contributed by atoms with E-state index in [1.807, 2.05) is 41.3 Å². The highest BCUT2D eigenvalue weighted by Gasteiger charge is 2.48. The molecule has 2 fully saturated rings.